The number of amides is 1. The van der Waals surface area contributed by atoms with E-state index >= 15 is 0 Å². The first kappa shape index (κ1) is 25.6. The summed E-state index contributed by atoms with van der Waals surface area (Å²) in [5.74, 6) is 0.743. The van der Waals surface area contributed by atoms with Gasteiger partial charge in [-0.3, -0.25) is 9.59 Å². The first-order valence-electron chi connectivity index (χ1n) is 11.5. The number of rotatable bonds is 9. The fraction of sp³-hybridized carbons (Fsp3) is 0.185. The van der Waals surface area contributed by atoms with Gasteiger partial charge < -0.3 is 10.1 Å². The van der Waals surface area contributed by atoms with Crippen LogP contribution in [-0.2, 0) is 11.2 Å². The molecule has 0 spiro atoms. The van der Waals surface area contributed by atoms with Gasteiger partial charge in [0, 0.05) is 27.2 Å². The molecule has 0 saturated carbocycles. The lowest BCUT2D eigenvalue weighted by Crippen LogP contribution is -2.22. The van der Waals surface area contributed by atoms with Crippen LogP contribution < -0.4 is 15.6 Å². The zero-order valence-corrected chi connectivity index (χ0v) is 21.9. The second kappa shape index (κ2) is 12.0. The maximum Gasteiger partial charge on any atom is 0.282 e. The predicted molar refractivity (Wildman–Crippen MR) is 147 cm³/mol. The summed E-state index contributed by atoms with van der Waals surface area (Å²) in [5, 5.41) is 8.30. The van der Waals surface area contributed by atoms with Crippen LogP contribution in [0.3, 0.4) is 0 Å². The van der Waals surface area contributed by atoms with Gasteiger partial charge in [0.05, 0.1) is 17.1 Å². The molecule has 0 radical (unpaired) electrons. The Morgan fingerprint density at radius 3 is 2.72 bits per heavy atom. The Hall–Kier alpha value is -3.49. The fourth-order valence-corrected chi connectivity index (χ4v) is 4.01. The van der Waals surface area contributed by atoms with E-state index in [9.17, 15) is 9.59 Å². The molecule has 1 N–H and O–H groups in total. The standard InChI is InChI=1S/C27H24BrClN4O3/c1-2-3-8-25-32-23-14-9-19(28)15-22(23)27(35)33(25)30-16-18-6-4-5-7-24(18)36-17-26(34)31-21-12-10-20(29)11-13-21/h4-7,9-16H,2-3,8,17H2,1H3,(H,31,34). The Balaban J connectivity index is 1.57. The molecule has 0 bridgehead atoms. The number of aryl methyl sites for hydroxylation is 1. The predicted octanol–water partition coefficient (Wildman–Crippen LogP) is 6.05. The van der Waals surface area contributed by atoms with Crippen LogP contribution in [0.5, 0.6) is 5.75 Å². The average Bonchev–Trinajstić information content (AvgIpc) is 2.88. The maximum atomic E-state index is 13.3. The minimum Gasteiger partial charge on any atom is -0.483 e. The Kier molecular flexibility index (Phi) is 8.51. The molecule has 3 aromatic carbocycles. The smallest absolute Gasteiger partial charge is 0.282 e. The minimum absolute atomic E-state index is 0.194. The normalized spacial score (nSPS) is 11.2. The quantitative estimate of drug-likeness (QED) is 0.249. The molecule has 1 amide bonds. The number of carbonyl (C=O) groups excluding carboxylic acids is 1. The molecule has 0 aliphatic carbocycles. The van der Waals surface area contributed by atoms with E-state index in [1.165, 1.54) is 4.68 Å². The number of fused-ring (bicyclic) bond motifs is 1. The molecule has 0 aliphatic rings. The molecule has 1 aromatic heterocycles. The van der Waals surface area contributed by atoms with Crippen molar-refractivity contribution in [2.75, 3.05) is 11.9 Å². The number of para-hydroxylation sites is 1. The van der Waals surface area contributed by atoms with E-state index in [1.54, 1.807) is 54.7 Å². The molecule has 4 aromatic rings. The lowest BCUT2D eigenvalue weighted by Gasteiger charge is -2.11. The topological polar surface area (TPSA) is 85.6 Å². The van der Waals surface area contributed by atoms with Crippen molar-refractivity contribution in [3.63, 3.8) is 0 Å². The third-order valence-corrected chi connectivity index (χ3v) is 6.09. The second-order valence-electron chi connectivity index (χ2n) is 8.04. The van der Waals surface area contributed by atoms with E-state index in [-0.39, 0.29) is 18.1 Å². The lowest BCUT2D eigenvalue weighted by molar-refractivity contribution is -0.118. The van der Waals surface area contributed by atoms with Crippen molar-refractivity contribution in [2.45, 2.75) is 26.2 Å². The van der Waals surface area contributed by atoms with Crippen LogP contribution >= 0.6 is 27.5 Å². The van der Waals surface area contributed by atoms with Gasteiger partial charge in [0.1, 0.15) is 11.6 Å². The Morgan fingerprint density at radius 1 is 1.17 bits per heavy atom. The molecule has 0 saturated heterocycles. The van der Waals surface area contributed by atoms with Crippen molar-refractivity contribution in [3.8, 4) is 5.75 Å². The second-order valence-corrected chi connectivity index (χ2v) is 9.39. The molecule has 1 heterocycles. The van der Waals surface area contributed by atoms with Crippen molar-refractivity contribution in [2.24, 2.45) is 5.10 Å². The third-order valence-electron chi connectivity index (χ3n) is 5.35. The number of nitrogens with zero attached hydrogens (tertiary/aromatic N) is 3. The van der Waals surface area contributed by atoms with Gasteiger partial charge >= 0.3 is 0 Å². The molecule has 184 valence electrons. The molecular formula is C27H24BrClN4O3. The molecule has 0 unspecified atom stereocenters. The monoisotopic (exact) mass is 566 g/mol. The summed E-state index contributed by atoms with van der Waals surface area (Å²) < 4.78 is 7.89. The van der Waals surface area contributed by atoms with Crippen molar-refractivity contribution in [1.29, 1.82) is 0 Å². The lowest BCUT2D eigenvalue weighted by atomic mass is 10.2. The first-order valence-corrected chi connectivity index (χ1v) is 12.6. The summed E-state index contributed by atoms with van der Waals surface area (Å²) in [6.07, 6.45) is 4.02. The summed E-state index contributed by atoms with van der Waals surface area (Å²) in [5.41, 5.74) is 1.64. The largest absolute Gasteiger partial charge is 0.483 e. The Labute approximate surface area is 221 Å². The summed E-state index contributed by atoms with van der Waals surface area (Å²) in [7, 11) is 0. The van der Waals surface area contributed by atoms with E-state index in [0.717, 1.165) is 17.3 Å². The van der Waals surface area contributed by atoms with Gasteiger partial charge in [-0.1, -0.05) is 53.0 Å². The molecule has 0 aliphatic heterocycles. The van der Waals surface area contributed by atoms with Crippen molar-refractivity contribution in [1.82, 2.24) is 9.66 Å². The van der Waals surface area contributed by atoms with Gasteiger partial charge in [-0.15, -0.1) is 0 Å². The zero-order chi connectivity index (χ0) is 25.5. The molecular weight excluding hydrogens is 544 g/mol. The average molecular weight is 568 g/mol. The Morgan fingerprint density at radius 2 is 1.94 bits per heavy atom. The van der Waals surface area contributed by atoms with Gasteiger partial charge in [-0.05, 0) is 61.0 Å². The highest BCUT2D eigenvalue weighted by Gasteiger charge is 2.12. The number of halogens is 2. The van der Waals surface area contributed by atoms with Gasteiger partial charge in [0.25, 0.3) is 11.5 Å². The number of benzene rings is 3. The molecule has 7 nitrogen and oxygen atoms in total. The summed E-state index contributed by atoms with van der Waals surface area (Å²) >= 11 is 9.30. The third kappa shape index (κ3) is 6.38. The summed E-state index contributed by atoms with van der Waals surface area (Å²) in [4.78, 5) is 30.3. The van der Waals surface area contributed by atoms with Gasteiger partial charge in [0.2, 0.25) is 0 Å². The fourth-order valence-electron chi connectivity index (χ4n) is 3.52. The maximum absolute atomic E-state index is 13.3. The Bertz CT molecular complexity index is 1470. The van der Waals surface area contributed by atoms with Gasteiger partial charge in [-0.2, -0.15) is 9.78 Å². The molecule has 9 heteroatoms. The molecule has 36 heavy (non-hydrogen) atoms. The van der Waals surface area contributed by atoms with Crippen LogP contribution in [0.25, 0.3) is 10.9 Å². The highest BCUT2D eigenvalue weighted by Crippen LogP contribution is 2.19. The zero-order valence-electron chi connectivity index (χ0n) is 19.6. The number of unbranched alkanes of at least 4 members (excludes halogenated alkanes) is 1. The van der Waals surface area contributed by atoms with Gasteiger partial charge in [-0.25, -0.2) is 4.98 Å². The number of anilines is 1. The van der Waals surface area contributed by atoms with Crippen molar-refractivity contribution < 1.29 is 9.53 Å². The van der Waals surface area contributed by atoms with E-state index in [1.807, 2.05) is 18.2 Å². The van der Waals surface area contributed by atoms with Crippen LogP contribution in [-0.4, -0.2) is 28.4 Å². The van der Waals surface area contributed by atoms with Crippen LogP contribution in [0.4, 0.5) is 5.69 Å². The molecule has 4 rings (SSSR count). The first-order chi connectivity index (χ1) is 17.4. The summed E-state index contributed by atoms with van der Waals surface area (Å²) in [6, 6.07) is 19.4. The highest BCUT2D eigenvalue weighted by molar-refractivity contribution is 9.10. The molecule has 0 atom stereocenters. The van der Waals surface area contributed by atoms with E-state index in [0.29, 0.717) is 45.2 Å². The minimum atomic E-state index is -0.313. The van der Waals surface area contributed by atoms with Crippen LogP contribution in [0.1, 0.15) is 31.2 Å². The number of ether oxygens (including phenoxy) is 1. The van der Waals surface area contributed by atoms with Gasteiger partial charge in [0.15, 0.2) is 6.61 Å². The van der Waals surface area contributed by atoms with Crippen LogP contribution in [0.2, 0.25) is 5.02 Å². The van der Waals surface area contributed by atoms with Crippen molar-refractivity contribution in [3.05, 3.63) is 98.0 Å². The van der Waals surface area contributed by atoms with E-state index in [4.69, 9.17) is 21.3 Å². The number of hydrogen-bond acceptors (Lipinski definition) is 5. The van der Waals surface area contributed by atoms with Crippen LogP contribution in [0.15, 0.2) is 81.1 Å². The number of hydrogen-bond donors (Lipinski definition) is 1. The molecule has 0 fully saturated rings. The SMILES string of the molecule is CCCCc1nc2ccc(Br)cc2c(=O)n1N=Cc1ccccc1OCC(=O)Nc1ccc(Cl)cc1. The summed E-state index contributed by atoms with van der Waals surface area (Å²) in [6.45, 7) is 1.89. The highest BCUT2D eigenvalue weighted by atomic mass is 79.9. The van der Waals surface area contributed by atoms with Crippen molar-refractivity contribution >= 4 is 56.2 Å². The number of carbonyl (C=O) groups is 1. The van der Waals surface area contributed by atoms with Crippen LogP contribution in [0, 0.1) is 0 Å². The van der Waals surface area contributed by atoms with E-state index < -0.39 is 0 Å². The number of nitrogens with one attached hydrogen (secondary N) is 1. The van der Waals surface area contributed by atoms with E-state index in [2.05, 4.69) is 33.3 Å². The number of aromatic nitrogens is 2.